The molecule has 6 heteroatoms. The SMILES string of the molecule is CCC(CSC)NC(=O)N(C)c1ccccc1C(=O)O. The lowest BCUT2D eigenvalue weighted by Gasteiger charge is -2.23. The van der Waals surface area contributed by atoms with Crippen LogP contribution in [0.3, 0.4) is 0 Å². The van der Waals surface area contributed by atoms with Crippen molar-refractivity contribution in [3.63, 3.8) is 0 Å². The molecule has 2 amide bonds. The van der Waals surface area contributed by atoms with Crippen molar-refractivity contribution < 1.29 is 14.7 Å². The molecule has 0 radical (unpaired) electrons. The van der Waals surface area contributed by atoms with E-state index in [1.807, 2.05) is 13.2 Å². The Balaban J connectivity index is 2.86. The molecule has 5 nitrogen and oxygen atoms in total. The summed E-state index contributed by atoms with van der Waals surface area (Å²) in [6, 6.07) is 6.25. The normalized spacial score (nSPS) is 11.8. The number of carbonyl (C=O) groups is 2. The molecule has 0 saturated heterocycles. The summed E-state index contributed by atoms with van der Waals surface area (Å²) in [6.45, 7) is 2.01. The third kappa shape index (κ3) is 4.16. The van der Waals surface area contributed by atoms with E-state index in [1.54, 1.807) is 37.0 Å². The van der Waals surface area contributed by atoms with Crippen molar-refractivity contribution in [3.05, 3.63) is 29.8 Å². The predicted octanol–water partition coefficient (Wildman–Crippen LogP) is 2.67. The minimum Gasteiger partial charge on any atom is -0.478 e. The summed E-state index contributed by atoms with van der Waals surface area (Å²) in [5.74, 6) is -0.215. The average molecular weight is 296 g/mol. The van der Waals surface area contributed by atoms with Crippen molar-refractivity contribution in [3.8, 4) is 0 Å². The highest BCUT2D eigenvalue weighted by molar-refractivity contribution is 7.98. The van der Waals surface area contributed by atoms with Gasteiger partial charge in [0.2, 0.25) is 0 Å². The van der Waals surface area contributed by atoms with Crippen LogP contribution >= 0.6 is 11.8 Å². The Kier molecular flexibility index (Phi) is 6.38. The number of carboxylic acids is 1. The number of nitrogens with zero attached hydrogens (tertiary/aromatic N) is 1. The largest absolute Gasteiger partial charge is 0.478 e. The van der Waals surface area contributed by atoms with Crippen LogP contribution in [0, 0.1) is 0 Å². The number of benzene rings is 1. The van der Waals surface area contributed by atoms with Gasteiger partial charge in [0.25, 0.3) is 0 Å². The molecule has 0 aliphatic carbocycles. The highest BCUT2D eigenvalue weighted by Gasteiger charge is 2.19. The molecule has 1 aromatic carbocycles. The highest BCUT2D eigenvalue weighted by atomic mass is 32.2. The van der Waals surface area contributed by atoms with Gasteiger partial charge in [-0.3, -0.25) is 4.90 Å². The van der Waals surface area contributed by atoms with Gasteiger partial charge in [0, 0.05) is 18.8 Å². The molecule has 1 rings (SSSR count). The number of nitrogens with one attached hydrogen (secondary N) is 1. The number of aromatic carboxylic acids is 1. The minimum atomic E-state index is -1.04. The lowest BCUT2D eigenvalue weighted by Crippen LogP contribution is -2.44. The topological polar surface area (TPSA) is 69.6 Å². The van der Waals surface area contributed by atoms with Gasteiger partial charge in [-0.05, 0) is 24.8 Å². The molecule has 0 spiro atoms. The van der Waals surface area contributed by atoms with E-state index in [0.717, 1.165) is 12.2 Å². The molecule has 0 saturated carbocycles. The molecule has 0 aliphatic heterocycles. The summed E-state index contributed by atoms with van der Waals surface area (Å²) in [5.41, 5.74) is 0.500. The highest BCUT2D eigenvalue weighted by Crippen LogP contribution is 2.19. The van der Waals surface area contributed by atoms with E-state index in [4.69, 9.17) is 5.11 Å². The van der Waals surface area contributed by atoms with E-state index in [2.05, 4.69) is 5.32 Å². The maximum Gasteiger partial charge on any atom is 0.337 e. The summed E-state index contributed by atoms with van der Waals surface area (Å²) in [6.07, 6.45) is 2.82. The van der Waals surface area contributed by atoms with E-state index in [-0.39, 0.29) is 17.6 Å². The van der Waals surface area contributed by atoms with Crippen molar-refractivity contribution >= 4 is 29.4 Å². The zero-order valence-corrected chi connectivity index (χ0v) is 12.7. The third-order valence-corrected chi connectivity index (χ3v) is 3.72. The second-order valence-corrected chi connectivity index (χ2v) is 5.30. The summed E-state index contributed by atoms with van der Waals surface area (Å²) >= 11 is 1.66. The van der Waals surface area contributed by atoms with Gasteiger partial charge in [-0.15, -0.1) is 0 Å². The Labute approximate surface area is 123 Å². The summed E-state index contributed by atoms with van der Waals surface area (Å²) in [4.78, 5) is 24.7. The fourth-order valence-corrected chi connectivity index (χ4v) is 2.51. The predicted molar refractivity (Wildman–Crippen MR) is 82.8 cm³/mol. The number of rotatable bonds is 6. The lowest BCUT2D eigenvalue weighted by atomic mass is 10.1. The Morgan fingerprint density at radius 2 is 2.05 bits per heavy atom. The molecule has 0 fully saturated rings. The van der Waals surface area contributed by atoms with Crippen molar-refractivity contribution in [1.82, 2.24) is 5.32 Å². The zero-order valence-electron chi connectivity index (χ0n) is 11.9. The first-order valence-electron chi connectivity index (χ1n) is 6.36. The molecule has 1 unspecified atom stereocenters. The second-order valence-electron chi connectivity index (χ2n) is 4.39. The Bertz CT molecular complexity index is 479. The molecule has 2 N–H and O–H groups in total. The van der Waals surface area contributed by atoms with Crippen LogP contribution in [-0.2, 0) is 0 Å². The van der Waals surface area contributed by atoms with Gasteiger partial charge in [0.05, 0.1) is 11.3 Å². The monoisotopic (exact) mass is 296 g/mol. The maximum absolute atomic E-state index is 12.2. The smallest absolute Gasteiger partial charge is 0.337 e. The van der Waals surface area contributed by atoms with Gasteiger partial charge >= 0.3 is 12.0 Å². The fraction of sp³-hybridized carbons (Fsp3) is 0.429. The molecule has 0 heterocycles. The molecule has 20 heavy (non-hydrogen) atoms. The number of para-hydroxylation sites is 1. The number of carbonyl (C=O) groups excluding carboxylic acids is 1. The number of hydrogen-bond acceptors (Lipinski definition) is 3. The average Bonchev–Trinajstić information content (AvgIpc) is 2.45. The van der Waals surface area contributed by atoms with Gasteiger partial charge in [-0.2, -0.15) is 11.8 Å². The first-order chi connectivity index (χ1) is 9.51. The molecule has 1 atom stereocenters. The van der Waals surface area contributed by atoms with E-state index >= 15 is 0 Å². The van der Waals surface area contributed by atoms with E-state index in [1.165, 1.54) is 11.0 Å². The molecular weight excluding hydrogens is 276 g/mol. The van der Waals surface area contributed by atoms with Crippen molar-refractivity contribution in [2.45, 2.75) is 19.4 Å². The molecular formula is C14H20N2O3S. The van der Waals surface area contributed by atoms with Crippen LogP contribution in [0.4, 0.5) is 10.5 Å². The third-order valence-electron chi connectivity index (χ3n) is 2.99. The number of anilines is 1. The Hall–Kier alpha value is -1.69. The summed E-state index contributed by atoms with van der Waals surface area (Å²) < 4.78 is 0. The summed E-state index contributed by atoms with van der Waals surface area (Å²) in [5, 5.41) is 12.1. The molecule has 1 aromatic rings. The van der Waals surface area contributed by atoms with Gasteiger partial charge in [-0.1, -0.05) is 19.1 Å². The van der Waals surface area contributed by atoms with Crippen LogP contribution in [0.1, 0.15) is 23.7 Å². The van der Waals surface area contributed by atoms with Crippen LogP contribution in [0.2, 0.25) is 0 Å². The van der Waals surface area contributed by atoms with Crippen LogP contribution < -0.4 is 10.2 Å². The van der Waals surface area contributed by atoms with Crippen molar-refractivity contribution in [1.29, 1.82) is 0 Å². The lowest BCUT2D eigenvalue weighted by molar-refractivity contribution is 0.0697. The van der Waals surface area contributed by atoms with Crippen LogP contribution in [-0.4, -0.2) is 42.2 Å². The minimum absolute atomic E-state index is 0.0805. The number of urea groups is 1. The van der Waals surface area contributed by atoms with Gasteiger partial charge in [0.15, 0.2) is 0 Å². The van der Waals surface area contributed by atoms with Gasteiger partial charge in [0.1, 0.15) is 0 Å². The Morgan fingerprint density at radius 1 is 1.40 bits per heavy atom. The van der Waals surface area contributed by atoms with Gasteiger partial charge < -0.3 is 10.4 Å². The quantitative estimate of drug-likeness (QED) is 0.846. The van der Waals surface area contributed by atoms with Crippen LogP contribution in [0.15, 0.2) is 24.3 Å². The maximum atomic E-state index is 12.2. The first-order valence-corrected chi connectivity index (χ1v) is 7.76. The molecule has 110 valence electrons. The molecule has 0 aliphatic rings. The molecule has 0 aromatic heterocycles. The fourth-order valence-electron chi connectivity index (χ4n) is 1.79. The number of thioether (sulfide) groups is 1. The Morgan fingerprint density at radius 3 is 2.60 bits per heavy atom. The molecule has 0 bridgehead atoms. The van der Waals surface area contributed by atoms with Crippen molar-refractivity contribution in [2.24, 2.45) is 0 Å². The number of hydrogen-bond donors (Lipinski definition) is 2. The van der Waals surface area contributed by atoms with Crippen LogP contribution in [0.5, 0.6) is 0 Å². The number of amides is 2. The van der Waals surface area contributed by atoms with Crippen molar-refractivity contribution in [2.75, 3.05) is 24.0 Å². The van der Waals surface area contributed by atoms with Crippen LogP contribution in [0.25, 0.3) is 0 Å². The first kappa shape index (κ1) is 16.4. The second kappa shape index (κ2) is 7.79. The standard InChI is InChI=1S/C14H20N2O3S/c1-4-10(9-20-3)15-14(19)16(2)12-8-6-5-7-11(12)13(17)18/h5-8,10H,4,9H2,1-3H3,(H,15,19)(H,17,18). The zero-order chi connectivity index (χ0) is 15.1. The van der Waals surface area contributed by atoms with E-state index in [9.17, 15) is 9.59 Å². The van der Waals surface area contributed by atoms with Gasteiger partial charge in [-0.25, -0.2) is 9.59 Å². The van der Waals surface area contributed by atoms with E-state index < -0.39 is 5.97 Å². The summed E-state index contributed by atoms with van der Waals surface area (Å²) in [7, 11) is 1.57. The van der Waals surface area contributed by atoms with E-state index in [0.29, 0.717) is 5.69 Å². The number of carboxylic acid groups (broad SMARTS) is 1.